The maximum atomic E-state index is 6.95. The fourth-order valence-corrected chi connectivity index (χ4v) is 8.94. The lowest BCUT2D eigenvalue weighted by Gasteiger charge is -2.27. The highest BCUT2D eigenvalue weighted by molar-refractivity contribution is 7.26. The molecule has 2 nitrogen and oxygen atoms in total. The number of benzene rings is 7. The Hall–Kier alpha value is -5.90. The van der Waals surface area contributed by atoms with Crippen molar-refractivity contribution < 1.29 is 4.74 Å². The summed E-state index contributed by atoms with van der Waals surface area (Å²) in [6.45, 7) is 0. The van der Waals surface area contributed by atoms with Crippen LogP contribution in [0, 0.1) is 0 Å². The number of ether oxygens (including phenoxy) is 1. The molecule has 7 aromatic carbocycles. The third-order valence-corrected chi connectivity index (χ3v) is 11.2. The summed E-state index contributed by atoms with van der Waals surface area (Å²) in [5.41, 5.74) is 9.56. The van der Waals surface area contributed by atoms with Gasteiger partial charge in [0.1, 0.15) is 11.9 Å². The summed E-state index contributed by atoms with van der Waals surface area (Å²) in [7, 11) is 0. The van der Waals surface area contributed by atoms with E-state index in [9.17, 15) is 0 Å². The van der Waals surface area contributed by atoms with Crippen LogP contribution in [0.3, 0.4) is 0 Å². The molecular weight excluding hydrogens is 615 g/mol. The molecule has 10 rings (SSSR count). The number of anilines is 3. The Bertz CT molecular complexity index is 2580. The van der Waals surface area contributed by atoms with Crippen molar-refractivity contribution in [2.24, 2.45) is 0 Å². The second-order valence-electron chi connectivity index (χ2n) is 12.8. The lowest BCUT2D eigenvalue weighted by atomic mass is 9.82. The molecule has 0 N–H and O–H groups in total. The van der Waals surface area contributed by atoms with Crippen molar-refractivity contribution >= 4 is 64.9 Å². The minimum absolute atomic E-state index is 0.0866. The second-order valence-corrected chi connectivity index (χ2v) is 13.9. The van der Waals surface area contributed by atoms with Gasteiger partial charge in [-0.1, -0.05) is 127 Å². The third kappa shape index (κ3) is 4.54. The molecule has 1 aliphatic heterocycles. The molecule has 0 bridgehead atoms. The quantitative estimate of drug-likeness (QED) is 0.185. The Labute approximate surface area is 289 Å². The molecule has 0 saturated heterocycles. The van der Waals surface area contributed by atoms with Gasteiger partial charge in [0, 0.05) is 54.0 Å². The Morgan fingerprint density at radius 1 is 0.551 bits per heavy atom. The molecule has 0 saturated carbocycles. The number of allylic oxidation sites excluding steroid dienone is 2. The van der Waals surface area contributed by atoms with Crippen LogP contribution < -0.4 is 9.64 Å². The minimum Gasteiger partial charge on any atom is -0.484 e. The van der Waals surface area contributed by atoms with Crippen LogP contribution in [0.5, 0.6) is 5.75 Å². The van der Waals surface area contributed by atoms with Crippen molar-refractivity contribution in [3.63, 3.8) is 0 Å². The van der Waals surface area contributed by atoms with Crippen molar-refractivity contribution in [1.82, 2.24) is 0 Å². The molecule has 1 aromatic heterocycles. The summed E-state index contributed by atoms with van der Waals surface area (Å²) >= 11 is 1.85. The Kier molecular flexibility index (Phi) is 6.53. The van der Waals surface area contributed by atoms with Crippen LogP contribution in [0.1, 0.15) is 17.0 Å². The van der Waals surface area contributed by atoms with Gasteiger partial charge in [0.2, 0.25) is 0 Å². The predicted molar refractivity (Wildman–Crippen MR) is 208 cm³/mol. The molecule has 2 aliphatic rings. The Morgan fingerprint density at radius 2 is 1.22 bits per heavy atom. The monoisotopic (exact) mass is 645 g/mol. The van der Waals surface area contributed by atoms with Gasteiger partial charge < -0.3 is 9.64 Å². The molecule has 0 fully saturated rings. The van der Waals surface area contributed by atoms with Crippen molar-refractivity contribution in [3.8, 4) is 16.9 Å². The van der Waals surface area contributed by atoms with E-state index in [4.69, 9.17) is 4.74 Å². The first-order valence-corrected chi connectivity index (χ1v) is 17.7. The van der Waals surface area contributed by atoms with E-state index in [1.165, 1.54) is 64.5 Å². The first-order chi connectivity index (χ1) is 24.3. The average Bonchev–Trinajstić information content (AvgIpc) is 3.75. The smallest absolute Gasteiger partial charge is 0.135 e. The molecule has 0 spiro atoms. The second kappa shape index (κ2) is 11.4. The van der Waals surface area contributed by atoms with E-state index in [1.807, 2.05) is 11.3 Å². The molecule has 3 heteroatoms. The zero-order chi connectivity index (χ0) is 32.3. The van der Waals surface area contributed by atoms with E-state index in [0.29, 0.717) is 0 Å². The fraction of sp³-hybridized carbons (Fsp3) is 0.0435. The maximum absolute atomic E-state index is 6.95. The Balaban J connectivity index is 1.05. The molecule has 8 aromatic rings. The van der Waals surface area contributed by atoms with Gasteiger partial charge in [0.25, 0.3) is 0 Å². The van der Waals surface area contributed by atoms with Gasteiger partial charge in [0.05, 0.1) is 5.69 Å². The van der Waals surface area contributed by atoms with Gasteiger partial charge in [0.15, 0.2) is 0 Å². The van der Waals surface area contributed by atoms with Crippen LogP contribution in [-0.4, -0.2) is 6.10 Å². The SMILES string of the molecule is C1=CC2c3cc(-c4ccccc4)c4ccccc4c3OC2C(c2ccc(N(c3ccccc3)c3cccc4sc5ccccc5c34)cc2)=C1. The van der Waals surface area contributed by atoms with E-state index >= 15 is 0 Å². The van der Waals surface area contributed by atoms with E-state index in [0.717, 1.165) is 17.1 Å². The van der Waals surface area contributed by atoms with Gasteiger partial charge in [-0.2, -0.15) is 0 Å². The summed E-state index contributed by atoms with van der Waals surface area (Å²) in [5, 5.41) is 4.98. The number of para-hydroxylation sites is 1. The standard InChI is InChI=1S/C46H31NOS/c1-3-13-30(14-4-1)39-29-40-37-21-11-20-34(45(37)48-46(40)36-18-8-7-17-35(36)39)31-25-27-33(28-26-31)47(32-15-5-2-6-16-32)41-22-12-24-43-44(41)38-19-9-10-23-42(38)49-43/h1-29,37,45H. The van der Waals surface area contributed by atoms with Gasteiger partial charge in [-0.05, 0) is 70.6 Å². The zero-order valence-corrected chi connectivity index (χ0v) is 27.5. The number of hydrogen-bond donors (Lipinski definition) is 0. The molecule has 2 atom stereocenters. The highest BCUT2D eigenvalue weighted by atomic mass is 32.1. The number of hydrogen-bond acceptors (Lipinski definition) is 3. The number of nitrogens with zero attached hydrogens (tertiary/aromatic N) is 1. The molecule has 232 valence electrons. The molecule has 49 heavy (non-hydrogen) atoms. The largest absolute Gasteiger partial charge is 0.484 e. The summed E-state index contributed by atoms with van der Waals surface area (Å²) in [6.07, 6.45) is 6.66. The first kappa shape index (κ1) is 28.1. The van der Waals surface area contributed by atoms with Crippen molar-refractivity contribution in [3.05, 3.63) is 187 Å². The van der Waals surface area contributed by atoms with Crippen LogP contribution in [-0.2, 0) is 0 Å². The van der Waals surface area contributed by atoms with Crippen molar-refractivity contribution in [2.75, 3.05) is 4.90 Å². The third-order valence-electron chi connectivity index (χ3n) is 10.0. The summed E-state index contributed by atoms with van der Waals surface area (Å²) in [6, 6.07) is 56.9. The molecular formula is C46H31NOS. The van der Waals surface area contributed by atoms with Crippen LogP contribution in [0.25, 0.3) is 47.6 Å². The minimum atomic E-state index is -0.0866. The number of fused-ring (bicyclic) bond motifs is 8. The number of rotatable bonds is 5. The van der Waals surface area contributed by atoms with Gasteiger partial charge in [-0.25, -0.2) is 0 Å². The topological polar surface area (TPSA) is 12.5 Å². The lowest BCUT2D eigenvalue weighted by Crippen LogP contribution is -2.21. The zero-order valence-electron chi connectivity index (χ0n) is 26.7. The van der Waals surface area contributed by atoms with E-state index in [2.05, 4.69) is 181 Å². The molecule has 2 unspecified atom stereocenters. The van der Waals surface area contributed by atoms with E-state index in [-0.39, 0.29) is 12.0 Å². The van der Waals surface area contributed by atoms with E-state index in [1.54, 1.807) is 0 Å². The van der Waals surface area contributed by atoms with Crippen molar-refractivity contribution in [1.29, 1.82) is 0 Å². The molecule has 0 amide bonds. The van der Waals surface area contributed by atoms with Crippen molar-refractivity contribution in [2.45, 2.75) is 12.0 Å². The van der Waals surface area contributed by atoms with Gasteiger partial charge >= 0.3 is 0 Å². The van der Waals surface area contributed by atoms with Gasteiger partial charge in [-0.3, -0.25) is 0 Å². The summed E-state index contributed by atoms with van der Waals surface area (Å²) in [5.74, 6) is 1.15. The van der Waals surface area contributed by atoms with Crippen LogP contribution in [0.15, 0.2) is 176 Å². The number of thiophene rings is 1. The summed E-state index contributed by atoms with van der Waals surface area (Å²) in [4.78, 5) is 2.39. The highest BCUT2D eigenvalue weighted by Crippen LogP contribution is 2.51. The Morgan fingerprint density at radius 3 is 2.04 bits per heavy atom. The molecule has 0 radical (unpaired) electrons. The van der Waals surface area contributed by atoms with Crippen LogP contribution in [0.4, 0.5) is 17.1 Å². The highest BCUT2D eigenvalue weighted by Gasteiger charge is 2.38. The lowest BCUT2D eigenvalue weighted by molar-refractivity contribution is 0.281. The fourth-order valence-electron chi connectivity index (χ4n) is 7.81. The predicted octanol–water partition coefficient (Wildman–Crippen LogP) is 12.8. The average molecular weight is 646 g/mol. The summed E-state index contributed by atoms with van der Waals surface area (Å²) < 4.78 is 9.55. The maximum Gasteiger partial charge on any atom is 0.135 e. The first-order valence-electron chi connectivity index (χ1n) is 16.8. The van der Waals surface area contributed by atoms with E-state index < -0.39 is 0 Å². The molecule has 2 heterocycles. The molecule has 1 aliphatic carbocycles. The van der Waals surface area contributed by atoms with Crippen LogP contribution >= 0.6 is 11.3 Å². The van der Waals surface area contributed by atoms with Crippen LogP contribution in [0.2, 0.25) is 0 Å². The normalized spacial score (nSPS) is 16.4. The van der Waals surface area contributed by atoms with Gasteiger partial charge in [-0.15, -0.1) is 11.3 Å².